The maximum Gasteiger partial charge on any atom is 0.305 e. The van der Waals surface area contributed by atoms with Gasteiger partial charge in [-0.1, -0.05) is 41.5 Å². The Labute approximate surface area is 207 Å². The van der Waals surface area contributed by atoms with Crippen LogP contribution in [-0.2, 0) is 34.4 Å². The van der Waals surface area contributed by atoms with Crippen LogP contribution < -0.4 is 10.8 Å². The van der Waals surface area contributed by atoms with Gasteiger partial charge >= 0.3 is 5.97 Å². The van der Waals surface area contributed by atoms with Crippen LogP contribution in [0.3, 0.4) is 0 Å². The van der Waals surface area contributed by atoms with E-state index in [1.165, 1.54) is 0 Å². The third kappa shape index (κ3) is 59.1. The monoisotopic (exact) mass is 501 g/mol. The van der Waals surface area contributed by atoms with Crippen LogP contribution in [0.25, 0.3) is 0 Å². The number of carbonyl (C=O) groups excluding carboxylic acids is 2. The van der Waals surface area contributed by atoms with Gasteiger partial charge in [-0.3, -0.25) is 9.59 Å². The molecule has 0 saturated carbocycles. The lowest BCUT2D eigenvalue weighted by Crippen LogP contribution is -2.20. The Balaban J connectivity index is -0.0000000998. The second kappa shape index (κ2) is 41.2. The highest BCUT2D eigenvalue weighted by Crippen LogP contribution is 1.80. The van der Waals surface area contributed by atoms with Gasteiger partial charge in [0.2, 0.25) is 5.91 Å². The topological polar surface area (TPSA) is 106 Å². The van der Waals surface area contributed by atoms with Crippen LogP contribution in [0.15, 0.2) is 0 Å². The molecular weight excluding hydrogens is 446 g/mol. The summed E-state index contributed by atoms with van der Waals surface area (Å²) in [5.74, 6) is 0.539. The van der Waals surface area contributed by atoms with E-state index in [1.807, 2.05) is 34.6 Å². The Morgan fingerprint density at radius 1 is 0.788 bits per heavy atom. The summed E-state index contributed by atoms with van der Waals surface area (Å²) < 4.78 is 24.3. The van der Waals surface area contributed by atoms with E-state index in [9.17, 15) is 13.8 Å². The molecule has 0 aromatic rings. The van der Waals surface area contributed by atoms with Crippen molar-refractivity contribution in [2.24, 2.45) is 0 Å². The summed E-state index contributed by atoms with van der Waals surface area (Å²) in [7, 11) is 2.11. The van der Waals surface area contributed by atoms with Crippen molar-refractivity contribution < 1.29 is 27.6 Å². The Morgan fingerprint density at radius 3 is 1.45 bits per heavy atom. The molecule has 0 aromatic heterocycles. The van der Waals surface area contributed by atoms with Crippen molar-refractivity contribution in [1.82, 2.24) is 15.7 Å². The fourth-order valence-electron chi connectivity index (χ4n) is 1.20. The third-order valence-corrected chi connectivity index (χ3v) is 4.08. The molecular formula is C23H55N3O6S. The Kier molecular flexibility index (Phi) is 52.6. The first-order chi connectivity index (χ1) is 15.6. The molecule has 0 radical (unpaired) electrons. The van der Waals surface area contributed by atoms with E-state index in [0.717, 1.165) is 32.8 Å². The molecule has 10 heteroatoms. The zero-order chi connectivity index (χ0) is 26.9. The molecule has 0 spiro atoms. The number of rotatable bonds is 12. The summed E-state index contributed by atoms with van der Waals surface area (Å²) in [4.78, 5) is 22.7. The zero-order valence-corrected chi connectivity index (χ0v) is 24.2. The predicted octanol–water partition coefficient (Wildman–Crippen LogP) is 3.70. The molecule has 204 valence electrons. The van der Waals surface area contributed by atoms with E-state index in [2.05, 4.69) is 45.6 Å². The van der Waals surface area contributed by atoms with Gasteiger partial charge in [0.25, 0.3) is 0 Å². The van der Waals surface area contributed by atoms with Crippen molar-refractivity contribution in [2.45, 2.75) is 82.1 Å². The van der Waals surface area contributed by atoms with E-state index in [1.54, 1.807) is 20.8 Å². The molecule has 0 aromatic carbocycles. The van der Waals surface area contributed by atoms with Crippen LogP contribution in [0.5, 0.6) is 0 Å². The highest BCUT2D eigenvalue weighted by molar-refractivity contribution is 7.80. The van der Waals surface area contributed by atoms with Gasteiger partial charge in [-0.05, 0) is 47.8 Å². The maximum atomic E-state index is 10.4. The van der Waals surface area contributed by atoms with Gasteiger partial charge in [0.05, 0.1) is 6.61 Å². The number of ether oxygens (including phenoxy) is 2. The number of hydrogen-bond acceptors (Lipinski definition) is 8. The smallest absolute Gasteiger partial charge is 0.305 e. The predicted molar refractivity (Wildman–Crippen MR) is 140 cm³/mol. The number of hydrogen-bond donors (Lipinski definition) is 2. The molecule has 1 atom stereocenters. The quantitative estimate of drug-likeness (QED) is 0.308. The Bertz CT molecular complexity index is 378. The van der Waals surface area contributed by atoms with Crippen molar-refractivity contribution in [3.63, 3.8) is 0 Å². The first-order valence-corrected chi connectivity index (χ1v) is 13.4. The minimum atomic E-state index is -1.14. The first-order valence-electron chi connectivity index (χ1n) is 12.1. The average molecular weight is 502 g/mol. The SMILES string of the molecule is CCN(C)CC.CCNC(=O)CC.CCNOS(=O)CC.CCOC(=O)CC.CCOCC. The highest BCUT2D eigenvalue weighted by atomic mass is 32.2. The molecule has 0 rings (SSSR count). The lowest BCUT2D eigenvalue weighted by molar-refractivity contribution is -0.142. The summed E-state index contributed by atoms with van der Waals surface area (Å²) >= 11 is -1.14. The number of hydroxylamine groups is 1. The largest absolute Gasteiger partial charge is 0.466 e. The summed E-state index contributed by atoms with van der Waals surface area (Å²) in [5.41, 5.74) is 2.50. The second-order valence-electron chi connectivity index (χ2n) is 5.91. The van der Waals surface area contributed by atoms with Crippen LogP contribution in [0.4, 0.5) is 0 Å². The minimum Gasteiger partial charge on any atom is -0.466 e. The lowest BCUT2D eigenvalue weighted by atomic mass is 10.4. The standard InChI is InChI=1S/C5H11NO.C5H13N.C5H10O2.C4H11NO2S.C4H10O/c1-3-5(7)6-4-2;1-4-6(3)5-2;1-3-5(6)7-4-2;1-3-5-7-8(6)4-2;1-3-5-4-2/h3-4H2,1-2H3,(H,6,7);4-5H2,1-3H3;3-4H2,1-2H3;5H,3-4H2,1-2H3;3-4H2,1-2H3. The zero-order valence-electron chi connectivity index (χ0n) is 23.4. The van der Waals surface area contributed by atoms with Crippen molar-refractivity contribution in [2.75, 3.05) is 58.8 Å². The molecule has 1 unspecified atom stereocenters. The highest BCUT2D eigenvalue weighted by Gasteiger charge is 1.91. The van der Waals surface area contributed by atoms with Crippen molar-refractivity contribution in [3.8, 4) is 0 Å². The summed E-state index contributed by atoms with van der Waals surface area (Å²) in [6.45, 7) is 25.2. The normalized spacial score (nSPS) is 9.94. The number of esters is 1. The molecule has 0 aliphatic heterocycles. The second-order valence-corrected chi connectivity index (χ2v) is 7.26. The van der Waals surface area contributed by atoms with E-state index >= 15 is 0 Å². The molecule has 0 bridgehead atoms. The lowest BCUT2D eigenvalue weighted by Gasteiger charge is -2.07. The number of nitrogens with zero attached hydrogens (tertiary/aromatic N) is 1. The summed E-state index contributed by atoms with van der Waals surface area (Å²) in [5, 5.41) is 2.66. The van der Waals surface area contributed by atoms with Gasteiger partial charge < -0.3 is 19.7 Å². The van der Waals surface area contributed by atoms with Gasteiger partial charge in [0.1, 0.15) is 0 Å². The molecule has 2 N–H and O–H groups in total. The average Bonchev–Trinajstić information content (AvgIpc) is 2.84. The number of amides is 1. The molecule has 0 aliphatic carbocycles. The van der Waals surface area contributed by atoms with E-state index in [4.69, 9.17) is 4.74 Å². The van der Waals surface area contributed by atoms with Crippen LogP contribution in [-0.4, -0.2) is 79.8 Å². The molecule has 9 nitrogen and oxygen atoms in total. The van der Waals surface area contributed by atoms with E-state index in [0.29, 0.717) is 31.7 Å². The van der Waals surface area contributed by atoms with Gasteiger partial charge in [0.15, 0.2) is 11.1 Å². The summed E-state index contributed by atoms with van der Waals surface area (Å²) in [6, 6.07) is 0. The fourth-order valence-corrected chi connectivity index (χ4v) is 1.56. The van der Waals surface area contributed by atoms with E-state index in [-0.39, 0.29) is 11.9 Å². The van der Waals surface area contributed by atoms with Gasteiger partial charge in [-0.2, -0.15) is 5.48 Å². The molecule has 33 heavy (non-hydrogen) atoms. The Morgan fingerprint density at radius 2 is 1.30 bits per heavy atom. The van der Waals surface area contributed by atoms with Crippen molar-refractivity contribution in [3.05, 3.63) is 0 Å². The van der Waals surface area contributed by atoms with Crippen LogP contribution in [0.1, 0.15) is 82.1 Å². The van der Waals surface area contributed by atoms with Crippen LogP contribution in [0, 0.1) is 0 Å². The van der Waals surface area contributed by atoms with Gasteiger partial charge in [-0.15, -0.1) is 0 Å². The van der Waals surface area contributed by atoms with Gasteiger partial charge in [0, 0.05) is 44.9 Å². The number of nitrogens with one attached hydrogen (secondary N) is 2. The molecule has 0 heterocycles. The first kappa shape index (κ1) is 42.1. The fraction of sp³-hybridized carbons (Fsp3) is 0.913. The van der Waals surface area contributed by atoms with Crippen molar-refractivity contribution in [1.29, 1.82) is 0 Å². The molecule has 0 fully saturated rings. The maximum absolute atomic E-state index is 10.4. The van der Waals surface area contributed by atoms with E-state index < -0.39 is 11.1 Å². The number of carbonyl (C=O) groups is 2. The summed E-state index contributed by atoms with van der Waals surface area (Å²) in [6.07, 6.45) is 1.07. The van der Waals surface area contributed by atoms with Crippen LogP contribution >= 0.6 is 0 Å². The molecule has 0 aliphatic rings. The third-order valence-electron chi connectivity index (χ3n) is 3.31. The Hall–Kier alpha value is -1.07. The minimum absolute atomic E-state index is 0.123. The molecule has 0 saturated heterocycles. The van der Waals surface area contributed by atoms with Gasteiger partial charge in [-0.25, -0.2) is 8.49 Å². The van der Waals surface area contributed by atoms with Crippen LogP contribution in [0.2, 0.25) is 0 Å². The molecule has 1 amide bonds. The van der Waals surface area contributed by atoms with Crippen molar-refractivity contribution >= 4 is 23.0 Å².